The zero-order valence-electron chi connectivity index (χ0n) is 6.71. The van der Waals surface area contributed by atoms with Gasteiger partial charge in [0, 0.05) is 0 Å². The van der Waals surface area contributed by atoms with E-state index in [1.807, 2.05) is 6.92 Å². The summed E-state index contributed by atoms with van der Waals surface area (Å²) in [5.74, 6) is 0. The predicted molar refractivity (Wildman–Crippen MR) is 40.9 cm³/mol. The lowest BCUT2D eigenvalue weighted by atomic mass is 10.2. The summed E-state index contributed by atoms with van der Waals surface area (Å²) in [6.07, 6.45) is -0.179. The molecule has 0 aliphatic rings. The van der Waals surface area contributed by atoms with Crippen LogP contribution in [-0.2, 0) is 6.42 Å². The molecule has 11 heavy (non-hydrogen) atoms. The van der Waals surface area contributed by atoms with E-state index in [9.17, 15) is 4.39 Å². The van der Waals surface area contributed by atoms with Crippen molar-refractivity contribution in [3.63, 3.8) is 0 Å². The second kappa shape index (κ2) is 3.42. The molecular formula is C8H11FN2. The van der Waals surface area contributed by atoms with E-state index >= 15 is 0 Å². The van der Waals surface area contributed by atoms with Crippen molar-refractivity contribution in [3.05, 3.63) is 23.5 Å². The Morgan fingerprint density at radius 2 is 2.18 bits per heavy atom. The van der Waals surface area contributed by atoms with Crippen LogP contribution in [0.15, 0.2) is 12.1 Å². The zero-order chi connectivity index (χ0) is 8.27. The molecule has 3 heteroatoms. The highest BCUT2D eigenvalue weighted by atomic mass is 19.1. The van der Waals surface area contributed by atoms with Crippen LogP contribution >= 0.6 is 0 Å². The summed E-state index contributed by atoms with van der Waals surface area (Å²) in [5.41, 5.74) is 1.30. The molecule has 2 nitrogen and oxygen atoms in total. The van der Waals surface area contributed by atoms with Crippen LogP contribution in [0.2, 0.25) is 0 Å². The third-order valence-corrected chi connectivity index (χ3v) is 1.51. The molecule has 1 heterocycles. The molecule has 1 rings (SSSR count). The van der Waals surface area contributed by atoms with Crippen molar-refractivity contribution in [1.29, 1.82) is 0 Å². The van der Waals surface area contributed by atoms with Crippen molar-refractivity contribution < 1.29 is 4.39 Å². The van der Waals surface area contributed by atoms with Crippen molar-refractivity contribution in [3.8, 4) is 0 Å². The smallest absolute Gasteiger partial charge is 0.141 e. The number of aromatic nitrogens is 2. The van der Waals surface area contributed by atoms with Crippen LogP contribution in [0.3, 0.4) is 0 Å². The SMILES string of the molecule is CCc1ccc(C(C)F)nn1. The Kier molecular flexibility index (Phi) is 2.52. The van der Waals surface area contributed by atoms with Gasteiger partial charge in [-0.15, -0.1) is 0 Å². The van der Waals surface area contributed by atoms with Crippen LogP contribution in [0.25, 0.3) is 0 Å². The Morgan fingerprint density at radius 1 is 1.45 bits per heavy atom. The second-order valence-electron chi connectivity index (χ2n) is 2.42. The van der Waals surface area contributed by atoms with E-state index in [2.05, 4.69) is 10.2 Å². The molecule has 0 saturated carbocycles. The van der Waals surface area contributed by atoms with Crippen LogP contribution in [0.5, 0.6) is 0 Å². The summed E-state index contributed by atoms with van der Waals surface area (Å²) in [7, 11) is 0. The molecule has 0 aromatic carbocycles. The minimum absolute atomic E-state index is 0.405. The summed E-state index contributed by atoms with van der Waals surface area (Å²) < 4.78 is 12.6. The number of hydrogen-bond acceptors (Lipinski definition) is 2. The Morgan fingerprint density at radius 3 is 2.55 bits per heavy atom. The molecule has 0 spiro atoms. The fraction of sp³-hybridized carbons (Fsp3) is 0.500. The van der Waals surface area contributed by atoms with E-state index in [1.165, 1.54) is 6.92 Å². The van der Waals surface area contributed by atoms with Crippen molar-refractivity contribution in [1.82, 2.24) is 10.2 Å². The first-order valence-electron chi connectivity index (χ1n) is 3.70. The van der Waals surface area contributed by atoms with Crippen LogP contribution < -0.4 is 0 Å². The van der Waals surface area contributed by atoms with Crippen LogP contribution in [0, 0.1) is 0 Å². The molecule has 0 aliphatic carbocycles. The third kappa shape index (κ3) is 1.97. The largest absolute Gasteiger partial charge is 0.241 e. The van der Waals surface area contributed by atoms with Gasteiger partial charge in [0.15, 0.2) is 0 Å². The molecule has 0 N–H and O–H groups in total. The summed E-state index contributed by atoms with van der Waals surface area (Å²) in [4.78, 5) is 0. The van der Waals surface area contributed by atoms with Gasteiger partial charge >= 0.3 is 0 Å². The standard InChI is InChI=1S/C8H11FN2/c1-3-7-4-5-8(6(2)9)11-10-7/h4-6H,3H2,1-2H3. The number of nitrogens with zero attached hydrogens (tertiary/aromatic N) is 2. The van der Waals surface area contributed by atoms with Gasteiger partial charge in [-0.2, -0.15) is 10.2 Å². The number of rotatable bonds is 2. The molecule has 60 valence electrons. The van der Waals surface area contributed by atoms with Gasteiger partial charge in [0.2, 0.25) is 0 Å². The van der Waals surface area contributed by atoms with Gasteiger partial charge < -0.3 is 0 Å². The molecule has 1 aromatic rings. The van der Waals surface area contributed by atoms with E-state index < -0.39 is 6.17 Å². The highest BCUT2D eigenvalue weighted by molar-refractivity contribution is 5.08. The average Bonchev–Trinajstić information content (AvgIpc) is 2.05. The highest BCUT2D eigenvalue weighted by Gasteiger charge is 2.03. The molecule has 1 atom stereocenters. The van der Waals surface area contributed by atoms with Gasteiger partial charge in [0.05, 0.1) is 11.4 Å². The maximum Gasteiger partial charge on any atom is 0.141 e. The number of halogens is 1. The normalized spacial score (nSPS) is 13.0. The predicted octanol–water partition coefficient (Wildman–Crippen LogP) is 2.07. The highest BCUT2D eigenvalue weighted by Crippen LogP contribution is 2.11. The number of alkyl halides is 1. The Balaban J connectivity index is 2.83. The van der Waals surface area contributed by atoms with Crippen LogP contribution in [0.1, 0.15) is 31.4 Å². The molecule has 0 aliphatic heterocycles. The molecule has 0 bridgehead atoms. The van der Waals surface area contributed by atoms with Crippen LogP contribution in [-0.4, -0.2) is 10.2 Å². The quantitative estimate of drug-likeness (QED) is 0.651. The maximum absolute atomic E-state index is 12.6. The summed E-state index contributed by atoms with van der Waals surface area (Å²) in [5, 5.41) is 7.55. The number of aryl methyl sites for hydroxylation is 1. The summed E-state index contributed by atoms with van der Waals surface area (Å²) in [6.45, 7) is 3.44. The van der Waals surface area contributed by atoms with Crippen molar-refractivity contribution in [2.24, 2.45) is 0 Å². The van der Waals surface area contributed by atoms with E-state index in [0.29, 0.717) is 5.69 Å². The topological polar surface area (TPSA) is 25.8 Å². The van der Waals surface area contributed by atoms with Crippen molar-refractivity contribution >= 4 is 0 Å². The molecule has 0 radical (unpaired) electrons. The van der Waals surface area contributed by atoms with Gasteiger partial charge in [-0.25, -0.2) is 4.39 Å². The van der Waals surface area contributed by atoms with Gasteiger partial charge in [0.1, 0.15) is 6.17 Å². The first-order chi connectivity index (χ1) is 5.24. The van der Waals surface area contributed by atoms with E-state index in [-0.39, 0.29) is 0 Å². The molecule has 0 saturated heterocycles. The minimum Gasteiger partial charge on any atom is -0.241 e. The summed E-state index contributed by atoms with van der Waals surface area (Å²) >= 11 is 0. The molecule has 0 fully saturated rings. The Bertz CT molecular complexity index is 218. The first kappa shape index (κ1) is 8.11. The van der Waals surface area contributed by atoms with Crippen molar-refractivity contribution in [2.45, 2.75) is 26.4 Å². The van der Waals surface area contributed by atoms with Gasteiger partial charge in [-0.05, 0) is 25.5 Å². The molecule has 1 aromatic heterocycles. The second-order valence-corrected chi connectivity index (χ2v) is 2.42. The minimum atomic E-state index is -1.02. The molecule has 0 amide bonds. The fourth-order valence-corrected chi connectivity index (χ4v) is 0.771. The van der Waals surface area contributed by atoms with Gasteiger partial charge in [-0.3, -0.25) is 0 Å². The molecular weight excluding hydrogens is 143 g/mol. The third-order valence-electron chi connectivity index (χ3n) is 1.51. The number of hydrogen-bond donors (Lipinski definition) is 0. The average molecular weight is 154 g/mol. The lowest BCUT2D eigenvalue weighted by Crippen LogP contribution is -1.96. The Hall–Kier alpha value is -0.990. The fourth-order valence-electron chi connectivity index (χ4n) is 0.771. The van der Waals surface area contributed by atoms with E-state index in [1.54, 1.807) is 12.1 Å². The monoisotopic (exact) mass is 154 g/mol. The molecule has 1 unspecified atom stereocenters. The van der Waals surface area contributed by atoms with Gasteiger partial charge in [-0.1, -0.05) is 6.92 Å². The van der Waals surface area contributed by atoms with E-state index in [4.69, 9.17) is 0 Å². The van der Waals surface area contributed by atoms with Gasteiger partial charge in [0.25, 0.3) is 0 Å². The van der Waals surface area contributed by atoms with E-state index in [0.717, 1.165) is 12.1 Å². The zero-order valence-corrected chi connectivity index (χ0v) is 6.71. The van der Waals surface area contributed by atoms with Crippen LogP contribution in [0.4, 0.5) is 4.39 Å². The lowest BCUT2D eigenvalue weighted by molar-refractivity contribution is 0.362. The summed E-state index contributed by atoms with van der Waals surface area (Å²) in [6, 6.07) is 3.48. The Labute approximate surface area is 65.5 Å². The maximum atomic E-state index is 12.6. The first-order valence-corrected chi connectivity index (χ1v) is 3.70. The van der Waals surface area contributed by atoms with Crippen molar-refractivity contribution in [2.75, 3.05) is 0 Å². The lowest BCUT2D eigenvalue weighted by Gasteiger charge is -1.99.